The Hall–Kier alpha value is -0.710. The zero-order valence-corrected chi connectivity index (χ0v) is 5.82. The molecule has 0 bridgehead atoms. The van der Waals surface area contributed by atoms with Gasteiger partial charge in [0.1, 0.15) is 5.70 Å². The highest BCUT2D eigenvalue weighted by Crippen LogP contribution is 2.35. The Labute approximate surface area is 56.8 Å². The third-order valence-corrected chi connectivity index (χ3v) is 1.42. The van der Waals surface area contributed by atoms with Gasteiger partial charge in [0.2, 0.25) is 0 Å². The van der Waals surface area contributed by atoms with Gasteiger partial charge in [-0.05, 0) is 0 Å². The molecule has 0 aromatic carbocycles. The summed E-state index contributed by atoms with van der Waals surface area (Å²) in [6.45, 7) is 0. The van der Waals surface area contributed by atoms with Gasteiger partial charge < -0.3 is 25.7 Å². The van der Waals surface area contributed by atoms with Crippen LogP contribution in [0.25, 0.3) is 0 Å². The van der Waals surface area contributed by atoms with Crippen LogP contribution in [0.1, 0.15) is 0 Å². The largest absolute Gasteiger partial charge is 0.480 e. The first kappa shape index (κ1) is 9.29. The van der Waals surface area contributed by atoms with E-state index in [1.807, 2.05) is 0 Å². The Morgan fingerprint density at radius 2 is 1.80 bits per heavy atom. The van der Waals surface area contributed by atoms with Crippen LogP contribution in [0.3, 0.4) is 0 Å². The Bertz CT molecular complexity index is 189. The summed E-state index contributed by atoms with van der Waals surface area (Å²) in [4.78, 5) is 16.4. The molecule has 6 nitrogen and oxygen atoms in total. The summed E-state index contributed by atoms with van der Waals surface area (Å²) in [6, 6.07) is 0. The maximum Gasteiger partial charge on any atom is 0.331 e. The van der Waals surface area contributed by atoms with Crippen molar-refractivity contribution in [3.05, 3.63) is 11.6 Å². The maximum absolute atomic E-state index is 10.1. The summed E-state index contributed by atoms with van der Waals surface area (Å²) in [5, 5.41) is 16.3. The van der Waals surface area contributed by atoms with E-state index < -0.39 is 25.4 Å². The number of hydrogen-bond donors (Lipinski definition) is 5. The second-order valence-electron chi connectivity index (χ2n) is 1.67. The van der Waals surface area contributed by atoms with Crippen LogP contribution in [0, 0.1) is 0 Å². The smallest absolute Gasteiger partial charge is 0.331 e. The van der Waals surface area contributed by atoms with E-state index >= 15 is 0 Å². The fourth-order valence-corrected chi connectivity index (χ4v) is 0.878. The number of hydrogen-bond acceptors (Lipinski definition) is 4. The summed E-state index contributed by atoms with van der Waals surface area (Å²) in [5.41, 5.74) is 4.17. The Balaban J connectivity index is 4.20. The summed E-state index contributed by atoms with van der Waals surface area (Å²) in [6.07, 6.45) is -0.838. The highest BCUT2D eigenvalue weighted by molar-refractivity contribution is 7.52. The van der Waals surface area contributed by atoms with Crippen molar-refractivity contribution in [1.29, 1.82) is 0 Å². The highest BCUT2D eigenvalue weighted by atomic mass is 31.2. The SMILES string of the molecule is NC(CP(=O)(O)O)=C(O)O. The molecule has 0 atom stereocenters. The molecule has 0 rings (SSSR count). The molecule has 0 amide bonds. The zero-order chi connectivity index (χ0) is 8.36. The Morgan fingerprint density at radius 1 is 1.40 bits per heavy atom. The molecule has 6 N–H and O–H groups in total. The summed E-state index contributed by atoms with van der Waals surface area (Å²) < 4.78 is 10.1. The summed E-state index contributed by atoms with van der Waals surface area (Å²) in [7, 11) is -4.28. The first-order valence-electron chi connectivity index (χ1n) is 2.24. The minimum Gasteiger partial charge on any atom is -0.480 e. The monoisotopic (exact) mass is 169 g/mol. The molecular formula is C3H8NO5P. The van der Waals surface area contributed by atoms with Crippen molar-refractivity contribution in [2.24, 2.45) is 5.73 Å². The van der Waals surface area contributed by atoms with E-state index in [1.165, 1.54) is 0 Å². The molecule has 60 valence electrons. The van der Waals surface area contributed by atoms with Crippen LogP contribution in [0.2, 0.25) is 0 Å². The maximum atomic E-state index is 10.1. The lowest BCUT2D eigenvalue weighted by molar-refractivity contribution is 0.184. The first-order chi connectivity index (χ1) is 4.33. The van der Waals surface area contributed by atoms with Crippen LogP contribution in [0.4, 0.5) is 0 Å². The van der Waals surface area contributed by atoms with Gasteiger partial charge in [0.05, 0.1) is 6.16 Å². The molecule has 0 aliphatic rings. The van der Waals surface area contributed by atoms with Crippen LogP contribution in [0.5, 0.6) is 0 Å². The first-order valence-corrected chi connectivity index (χ1v) is 4.04. The van der Waals surface area contributed by atoms with Crippen molar-refractivity contribution in [3.63, 3.8) is 0 Å². The van der Waals surface area contributed by atoms with E-state index in [4.69, 9.17) is 25.7 Å². The third-order valence-electron chi connectivity index (χ3n) is 0.664. The molecule has 0 saturated heterocycles. The molecule has 0 aromatic heterocycles. The molecule has 0 saturated carbocycles. The van der Waals surface area contributed by atoms with Gasteiger partial charge in [-0.15, -0.1) is 0 Å². The topological polar surface area (TPSA) is 124 Å². The molecule has 0 heterocycles. The van der Waals surface area contributed by atoms with Crippen molar-refractivity contribution in [1.82, 2.24) is 0 Å². The lowest BCUT2D eigenvalue weighted by Crippen LogP contribution is -2.07. The number of aliphatic hydroxyl groups excluding tert-OH is 1. The predicted molar refractivity (Wildman–Crippen MR) is 33.4 cm³/mol. The number of allylic oxidation sites excluding steroid dienone is 1. The van der Waals surface area contributed by atoms with Gasteiger partial charge in [0.25, 0.3) is 5.95 Å². The van der Waals surface area contributed by atoms with Crippen LogP contribution in [-0.4, -0.2) is 26.2 Å². The van der Waals surface area contributed by atoms with Gasteiger partial charge in [-0.2, -0.15) is 0 Å². The quantitative estimate of drug-likeness (QED) is 0.278. The molecule has 10 heavy (non-hydrogen) atoms. The van der Waals surface area contributed by atoms with E-state index in [9.17, 15) is 4.57 Å². The molecule has 0 aliphatic heterocycles. The van der Waals surface area contributed by atoms with Crippen LogP contribution >= 0.6 is 7.60 Å². The second kappa shape index (κ2) is 2.92. The third kappa shape index (κ3) is 4.20. The van der Waals surface area contributed by atoms with E-state index in [1.54, 1.807) is 0 Å². The van der Waals surface area contributed by atoms with Crippen LogP contribution in [-0.2, 0) is 4.57 Å². The molecule has 0 unspecified atom stereocenters. The van der Waals surface area contributed by atoms with Gasteiger partial charge in [-0.25, -0.2) is 0 Å². The second-order valence-corrected chi connectivity index (χ2v) is 3.32. The van der Waals surface area contributed by atoms with Gasteiger partial charge in [-0.1, -0.05) is 0 Å². The molecule has 0 aliphatic carbocycles. The van der Waals surface area contributed by atoms with Crippen molar-refractivity contribution >= 4 is 7.60 Å². The Morgan fingerprint density at radius 3 is 1.90 bits per heavy atom. The van der Waals surface area contributed by atoms with Gasteiger partial charge >= 0.3 is 7.60 Å². The van der Waals surface area contributed by atoms with Crippen molar-refractivity contribution in [2.45, 2.75) is 0 Å². The highest BCUT2D eigenvalue weighted by Gasteiger charge is 2.16. The predicted octanol–water partition coefficient (Wildman–Crippen LogP) is -0.592. The van der Waals surface area contributed by atoms with Gasteiger partial charge in [0, 0.05) is 0 Å². The van der Waals surface area contributed by atoms with E-state index in [0.29, 0.717) is 0 Å². The standard InChI is InChI=1S/C3H8NO5P/c4-2(3(5)6)1-10(7,8)9/h5-6H,1,4H2,(H2,7,8,9). The molecule has 7 heteroatoms. The average Bonchev–Trinajstić information content (AvgIpc) is 1.60. The lowest BCUT2D eigenvalue weighted by atomic mass is 10.6. The molecule has 0 spiro atoms. The lowest BCUT2D eigenvalue weighted by Gasteiger charge is -2.02. The molecule has 0 radical (unpaired) electrons. The molecule has 0 fully saturated rings. The Kier molecular flexibility index (Phi) is 2.71. The van der Waals surface area contributed by atoms with Gasteiger partial charge in [0.15, 0.2) is 0 Å². The number of rotatable bonds is 2. The molecular weight excluding hydrogens is 161 g/mol. The number of nitrogens with two attached hydrogens (primary N) is 1. The van der Waals surface area contributed by atoms with Crippen LogP contribution in [0.15, 0.2) is 11.6 Å². The van der Waals surface area contributed by atoms with E-state index in [2.05, 4.69) is 0 Å². The fourth-order valence-electron chi connectivity index (χ4n) is 0.293. The minimum atomic E-state index is -4.28. The van der Waals surface area contributed by atoms with Crippen LogP contribution < -0.4 is 5.73 Å². The van der Waals surface area contributed by atoms with E-state index in [0.717, 1.165) is 0 Å². The van der Waals surface area contributed by atoms with Gasteiger partial charge in [-0.3, -0.25) is 4.57 Å². The number of aliphatic hydroxyl groups is 2. The zero-order valence-electron chi connectivity index (χ0n) is 4.93. The van der Waals surface area contributed by atoms with Crippen molar-refractivity contribution in [2.75, 3.05) is 6.16 Å². The fraction of sp³-hybridized carbons (Fsp3) is 0.333. The van der Waals surface area contributed by atoms with E-state index in [-0.39, 0.29) is 0 Å². The summed E-state index contributed by atoms with van der Waals surface area (Å²) in [5.74, 6) is -1.25. The van der Waals surface area contributed by atoms with Crippen molar-refractivity contribution in [3.8, 4) is 0 Å². The van der Waals surface area contributed by atoms with Crippen molar-refractivity contribution < 1.29 is 24.6 Å². The normalized spacial score (nSPS) is 11.0. The summed E-state index contributed by atoms with van der Waals surface area (Å²) >= 11 is 0. The average molecular weight is 169 g/mol. The minimum absolute atomic E-state index is 0.617. The molecule has 0 aromatic rings.